The summed E-state index contributed by atoms with van der Waals surface area (Å²) in [4.78, 5) is 11.3. The summed E-state index contributed by atoms with van der Waals surface area (Å²) in [6, 6.07) is 6.45. The van der Waals surface area contributed by atoms with Crippen molar-refractivity contribution in [3.05, 3.63) is 46.3 Å². The lowest BCUT2D eigenvalue weighted by Gasteiger charge is -2.17. The van der Waals surface area contributed by atoms with Crippen molar-refractivity contribution in [2.45, 2.75) is 32.2 Å². The molecule has 3 rings (SSSR count). The highest BCUT2D eigenvalue weighted by molar-refractivity contribution is 14.0. The lowest BCUT2D eigenvalue weighted by atomic mass is 10.1. The highest BCUT2D eigenvalue weighted by atomic mass is 127. The minimum atomic E-state index is 0. The molecule has 1 aliphatic heterocycles. The number of nitrogens with one attached hydrogen (secondary N) is 2. The number of nitrogens with zero attached hydrogens (tertiary/aromatic N) is 3. The van der Waals surface area contributed by atoms with E-state index in [1.165, 1.54) is 18.4 Å². The van der Waals surface area contributed by atoms with Crippen LogP contribution in [-0.2, 0) is 6.54 Å². The normalized spacial score (nSPS) is 15.5. The van der Waals surface area contributed by atoms with E-state index in [0.717, 1.165) is 43.5 Å². The maximum absolute atomic E-state index is 4.60. The van der Waals surface area contributed by atoms with Crippen molar-refractivity contribution in [1.29, 1.82) is 0 Å². The first-order chi connectivity index (χ1) is 12.3. The van der Waals surface area contributed by atoms with Crippen LogP contribution in [0.2, 0.25) is 0 Å². The van der Waals surface area contributed by atoms with Crippen molar-refractivity contribution in [2.24, 2.45) is 4.99 Å². The zero-order chi connectivity index (χ0) is 17.5. The first-order valence-electron chi connectivity index (χ1n) is 8.93. The lowest BCUT2D eigenvalue weighted by molar-refractivity contribution is 0.700. The Morgan fingerprint density at radius 2 is 2.08 bits per heavy atom. The van der Waals surface area contributed by atoms with Gasteiger partial charge in [0.15, 0.2) is 5.96 Å². The maximum Gasteiger partial charge on any atom is 0.191 e. The summed E-state index contributed by atoms with van der Waals surface area (Å²) < 4.78 is 0. The molecule has 0 bridgehead atoms. The minimum absolute atomic E-state index is 0. The third kappa shape index (κ3) is 5.84. The maximum atomic E-state index is 4.60. The summed E-state index contributed by atoms with van der Waals surface area (Å²) >= 11 is 1.74. The van der Waals surface area contributed by atoms with E-state index in [2.05, 4.69) is 61.4 Å². The molecule has 1 saturated heterocycles. The van der Waals surface area contributed by atoms with Gasteiger partial charge in [0.25, 0.3) is 0 Å². The van der Waals surface area contributed by atoms with Gasteiger partial charge in [-0.3, -0.25) is 4.99 Å². The molecule has 0 radical (unpaired) electrons. The monoisotopic (exact) mass is 485 g/mol. The number of aromatic nitrogens is 1. The molecule has 2 aromatic heterocycles. The first kappa shape index (κ1) is 21.0. The zero-order valence-corrected chi connectivity index (χ0v) is 18.6. The highest BCUT2D eigenvalue weighted by Gasteiger charge is 2.13. The average molecular weight is 485 g/mol. The number of rotatable bonds is 6. The van der Waals surface area contributed by atoms with Crippen LogP contribution in [0.5, 0.6) is 0 Å². The van der Waals surface area contributed by atoms with E-state index in [1.54, 1.807) is 18.4 Å². The average Bonchev–Trinajstić information content (AvgIpc) is 3.36. The van der Waals surface area contributed by atoms with E-state index >= 15 is 0 Å². The van der Waals surface area contributed by atoms with E-state index in [0.29, 0.717) is 5.92 Å². The smallest absolute Gasteiger partial charge is 0.191 e. The second-order valence-corrected chi connectivity index (χ2v) is 7.26. The summed E-state index contributed by atoms with van der Waals surface area (Å²) in [6.45, 7) is 6.07. The van der Waals surface area contributed by atoms with E-state index in [9.17, 15) is 0 Å². The van der Waals surface area contributed by atoms with Gasteiger partial charge in [0.05, 0.1) is 0 Å². The van der Waals surface area contributed by atoms with E-state index in [1.807, 2.05) is 6.20 Å². The number of hydrogen-bond donors (Lipinski definition) is 2. The van der Waals surface area contributed by atoms with Gasteiger partial charge in [-0.2, -0.15) is 11.3 Å². The van der Waals surface area contributed by atoms with Gasteiger partial charge in [0, 0.05) is 39.4 Å². The van der Waals surface area contributed by atoms with Gasteiger partial charge >= 0.3 is 0 Å². The molecule has 1 atom stereocenters. The Kier molecular flexibility index (Phi) is 8.64. The van der Waals surface area contributed by atoms with Crippen molar-refractivity contribution in [2.75, 3.05) is 31.6 Å². The molecule has 0 spiro atoms. The number of anilines is 1. The van der Waals surface area contributed by atoms with Crippen molar-refractivity contribution in [3.8, 4) is 0 Å². The third-order valence-corrected chi connectivity index (χ3v) is 5.31. The fraction of sp³-hybridized carbons (Fsp3) is 0.474. The van der Waals surface area contributed by atoms with Crippen molar-refractivity contribution < 1.29 is 0 Å². The van der Waals surface area contributed by atoms with Crippen LogP contribution < -0.4 is 15.5 Å². The number of hydrogen-bond acceptors (Lipinski definition) is 4. The van der Waals surface area contributed by atoms with Crippen LogP contribution in [0.25, 0.3) is 0 Å². The summed E-state index contributed by atoms with van der Waals surface area (Å²) in [6.07, 6.45) is 4.51. The number of halogens is 1. The largest absolute Gasteiger partial charge is 0.357 e. The van der Waals surface area contributed by atoms with Crippen LogP contribution >= 0.6 is 35.3 Å². The molecule has 1 unspecified atom stereocenters. The summed E-state index contributed by atoms with van der Waals surface area (Å²) in [5, 5.41) is 11.1. The molecule has 2 N–H and O–H groups in total. The highest BCUT2D eigenvalue weighted by Crippen LogP contribution is 2.18. The first-order valence-corrected chi connectivity index (χ1v) is 9.87. The molecule has 26 heavy (non-hydrogen) atoms. The molecule has 0 aromatic carbocycles. The van der Waals surface area contributed by atoms with Crippen molar-refractivity contribution in [1.82, 2.24) is 15.6 Å². The predicted molar refractivity (Wildman–Crippen MR) is 122 cm³/mol. The van der Waals surface area contributed by atoms with Gasteiger partial charge in [-0.05, 0) is 52.8 Å². The fourth-order valence-corrected chi connectivity index (χ4v) is 3.77. The Labute approximate surface area is 177 Å². The van der Waals surface area contributed by atoms with Crippen molar-refractivity contribution in [3.63, 3.8) is 0 Å². The SMILES string of the molecule is CN=C(NCc1ccc(N2CCCC2)nc1)NCC(C)c1ccsc1.I. The molecule has 1 fully saturated rings. The van der Waals surface area contributed by atoms with Crippen LogP contribution in [0.1, 0.15) is 36.8 Å². The predicted octanol–water partition coefficient (Wildman–Crippen LogP) is 3.83. The molecule has 2 aromatic rings. The zero-order valence-electron chi connectivity index (χ0n) is 15.4. The van der Waals surface area contributed by atoms with Gasteiger partial charge in [-0.1, -0.05) is 13.0 Å². The lowest BCUT2D eigenvalue weighted by Crippen LogP contribution is -2.38. The molecule has 3 heterocycles. The molecule has 7 heteroatoms. The summed E-state index contributed by atoms with van der Waals surface area (Å²) in [5.74, 6) is 2.38. The molecule has 1 aliphatic rings. The minimum Gasteiger partial charge on any atom is -0.357 e. The molecular formula is C19H28IN5S. The van der Waals surface area contributed by atoms with Gasteiger partial charge < -0.3 is 15.5 Å². The Morgan fingerprint density at radius 3 is 2.69 bits per heavy atom. The van der Waals surface area contributed by atoms with Crippen LogP contribution in [-0.4, -0.2) is 37.6 Å². The standard InChI is InChI=1S/C19H27N5S.HI/c1-15(17-7-10-25-14-17)11-22-19(20-2)23-13-16-5-6-18(21-12-16)24-8-3-4-9-24;/h5-7,10,12,14-15H,3-4,8-9,11,13H2,1-2H3,(H2,20,22,23);1H. The van der Waals surface area contributed by atoms with E-state index < -0.39 is 0 Å². The van der Waals surface area contributed by atoms with E-state index in [4.69, 9.17) is 0 Å². The molecule has 5 nitrogen and oxygen atoms in total. The van der Waals surface area contributed by atoms with Crippen LogP contribution in [0.3, 0.4) is 0 Å². The topological polar surface area (TPSA) is 52.6 Å². The Bertz CT molecular complexity index is 666. The van der Waals surface area contributed by atoms with Crippen molar-refractivity contribution >= 4 is 47.1 Å². The van der Waals surface area contributed by atoms with E-state index in [-0.39, 0.29) is 24.0 Å². The summed E-state index contributed by atoms with van der Waals surface area (Å²) in [5.41, 5.74) is 2.53. The Morgan fingerprint density at radius 1 is 1.27 bits per heavy atom. The second-order valence-electron chi connectivity index (χ2n) is 6.48. The summed E-state index contributed by atoms with van der Waals surface area (Å²) in [7, 11) is 1.80. The number of guanidine groups is 1. The van der Waals surface area contributed by atoms with Crippen LogP contribution in [0.4, 0.5) is 5.82 Å². The fourth-order valence-electron chi connectivity index (χ4n) is 2.98. The molecule has 0 aliphatic carbocycles. The van der Waals surface area contributed by atoms with Crippen LogP contribution in [0.15, 0.2) is 40.1 Å². The quantitative estimate of drug-likeness (QED) is 0.371. The molecule has 0 amide bonds. The van der Waals surface area contributed by atoms with Gasteiger partial charge in [-0.25, -0.2) is 4.98 Å². The Balaban J connectivity index is 0.00000243. The molecule has 142 valence electrons. The van der Waals surface area contributed by atoms with Gasteiger partial charge in [-0.15, -0.1) is 24.0 Å². The third-order valence-electron chi connectivity index (χ3n) is 4.61. The molecular weight excluding hydrogens is 457 g/mol. The second kappa shape index (κ2) is 10.7. The molecule has 0 saturated carbocycles. The number of pyridine rings is 1. The number of aliphatic imine (C=N–C) groups is 1. The number of thiophene rings is 1. The Hall–Kier alpha value is -1.35. The van der Waals surface area contributed by atoms with Gasteiger partial charge in [0.2, 0.25) is 0 Å². The van der Waals surface area contributed by atoms with Gasteiger partial charge in [0.1, 0.15) is 5.82 Å². The van der Waals surface area contributed by atoms with Crippen LogP contribution in [0, 0.1) is 0 Å².